The average Bonchev–Trinajstić information content (AvgIpc) is 2.55. The fourth-order valence-electron chi connectivity index (χ4n) is 2.13. The first-order valence-electron chi connectivity index (χ1n) is 7.60. The van der Waals surface area contributed by atoms with Gasteiger partial charge in [0.25, 0.3) is 0 Å². The normalized spacial score (nSPS) is 11.4. The van der Waals surface area contributed by atoms with E-state index in [-0.39, 0.29) is 0 Å². The van der Waals surface area contributed by atoms with E-state index in [4.69, 9.17) is 10.5 Å². The SMILES string of the molecule is Cc1ccc(N[C@@H](C)C(=O)NC(N)=O)c(OCc2ccccc2)c1. The quantitative estimate of drug-likeness (QED) is 0.760. The molecule has 0 heterocycles. The van der Waals surface area contributed by atoms with Crippen LogP contribution in [0.25, 0.3) is 0 Å². The fraction of sp³-hybridized carbons (Fsp3) is 0.222. The van der Waals surface area contributed by atoms with E-state index in [1.807, 2.05) is 60.8 Å². The topological polar surface area (TPSA) is 93.5 Å². The maximum absolute atomic E-state index is 11.8. The highest BCUT2D eigenvalue weighted by Crippen LogP contribution is 2.27. The van der Waals surface area contributed by atoms with Crippen LogP contribution < -0.4 is 21.1 Å². The Morgan fingerprint density at radius 2 is 1.88 bits per heavy atom. The third kappa shape index (κ3) is 5.01. The molecule has 0 saturated heterocycles. The summed E-state index contributed by atoms with van der Waals surface area (Å²) in [6.45, 7) is 4.02. The van der Waals surface area contributed by atoms with Gasteiger partial charge in [0.15, 0.2) is 0 Å². The molecule has 24 heavy (non-hydrogen) atoms. The number of benzene rings is 2. The second-order valence-corrected chi connectivity index (χ2v) is 5.49. The van der Waals surface area contributed by atoms with E-state index in [9.17, 15) is 9.59 Å². The number of anilines is 1. The summed E-state index contributed by atoms with van der Waals surface area (Å²) < 4.78 is 5.88. The summed E-state index contributed by atoms with van der Waals surface area (Å²) in [7, 11) is 0. The molecular weight excluding hydrogens is 306 g/mol. The summed E-state index contributed by atoms with van der Waals surface area (Å²) in [5.74, 6) is 0.134. The van der Waals surface area contributed by atoms with Crippen molar-refractivity contribution in [3.05, 3.63) is 59.7 Å². The van der Waals surface area contributed by atoms with E-state index in [0.717, 1.165) is 11.1 Å². The van der Waals surface area contributed by atoms with Crippen LogP contribution in [0, 0.1) is 6.92 Å². The molecule has 1 atom stereocenters. The zero-order chi connectivity index (χ0) is 17.5. The molecule has 0 bridgehead atoms. The molecule has 0 aliphatic carbocycles. The molecule has 0 aromatic heterocycles. The third-order valence-corrected chi connectivity index (χ3v) is 3.39. The summed E-state index contributed by atoms with van der Waals surface area (Å²) in [5, 5.41) is 5.08. The zero-order valence-electron chi connectivity index (χ0n) is 13.7. The number of carbonyl (C=O) groups excluding carboxylic acids is 2. The van der Waals surface area contributed by atoms with Gasteiger partial charge in [0.1, 0.15) is 18.4 Å². The minimum atomic E-state index is -0.877. The molecule has 126 valence electrons. The van der Waals surface area contributed by atoms with Crippen molar-refractivity contribution in [1.82, 2.24) is 5.32 Å². The molecule has 2 rings (SSSR count). The highest BCUT2D eigenvalue weighted by atomic mass is 16.5. The van der Waals surface area contributed by atoms with Crippen LogP contribution in [-0.2, 0) is 11.4 Å². The molecule has 2 aromatic rings. The van der Waals surface area contributed by atoms with E-state index in [1.54, 1.807) is 6.92 Å². The van der Waals surface area contributed by atoms with Crippen molar-refractivity contribution < 1.29 is 14.3 Å². The van der Waals surface area contributed by atoms with Crippen molar-refractivity contribution in [1.29, 1.82) is 0 Å². The Hall–Kier alpha value is -3.02. The number of hydrogen-bond donors (Lipinski definition) is 3. The predicted octanol–water partition coefficient (Wildman–Crippen LogP) is 2.57. The van der Waals surface area contributed by atoms with Gasteiger partial charge in [-0.2, -0.15) is 0 Å². The van der Waals surface area contributed by atoms with E-state index in [2.05, 4.69) is 5.32 Å². The number of ether oxygens (including phenoxy) is 1. The van der Waals surface area contributed by atoms with E-state index in [0.29, 0.717) is 18.0 Å². The maximum atomic E-state index is 11.8. The van der Waals surface area contributed by atoms with Gasteiger partial charge in [-0.1, -0.05) is 36.4 Å². The lowest BCUT2D eigenvalue weighted by molar-refractivity contribution is -0.120. The van der Waals surface area contributed by atoms with Gasteiger partial charge >= 0.3 is 6.03 Å². The highest BCUT2D eigenvalue weighted by Gasteiger charge is 2.16. The van der Waals surface area contributed by atoms with Crippen molar-refractivity contribution in [2.75, 3.05) is 5.32 Å². The molecule has 0 aliphatic heterocycles. The number of rotatable bonds is 6. The molecule has 0 saturated carbocycles. The molecule has 0 unspecified atom stereocenters. The lowest BCUT2D eigenvalue weighted by Gasteiger charge is -2.18. The molecular formula is C18H21N3O3. The Balaban J connectivity index is 2.09. The van der Waals surface area contributed by atoms with Gasteiger partial charge in [-0.05, 0) is 37.1 Å². The molecule has 6 heteroatoms. The Labute approximate surface area is 141 Å². The number of urea groups is 1. The van der Waals surface area contributed by atoms with Gasteiger partial charge in [0.2, 0.25) is 5.91 Å². The summed E-state index contributed by atoms with van der Waals surface area (Å²) in [6.07, 6.45) is 0. The molecule has 0 fully saturated rings. The van der Waals surface area contributed by atoms with Crippen LogP contribution in [0.2, 0.25) is 0 Å². The molecule has 2 aromatic carbocycles. The van der Waals surface area contributed by atoms with Crippen LogP contribution in [0.4, 0.5) is 10.5 Å². The van der Waals surface area contributed by atoms with Crippen LogP contribution >= 0.6 is 0 Å². The van der Waals surface area contributed by atoms with E-state index < -0.39 is 18.0 Å². The standard InChI is InChI=1S/C18H21N3O3/c1-12-8-9-15(20-13(2)17(22)21-18(19)23)16(10-12)24-11-14-6-4-3-5-7-14/h3-10,13,20H,11H2,1-2H3,(H3,19,21,22,23)/t13-/m0/s1. The Bertz CT molecular complexity index is 717. The summed E-state index contributed by atoms with van der Waals surface area (Å²) in [4.78, 5) is 22.6. The minimum absolute atomic E-state index is 0.417. The van der Waals surface area contributed by atoms with Crippen LogP contribution in [0.5, 0.6) is 5.75 Å². The Morgan fingerprint density at radius 1 is 1.17 bits per heavy atom. The first kappa shape index (κ1) is 17.3. The van der Waals surface area contributed by atoms with Gasteiger partial charge < -0.3 is 15.8 Å². The first-order chi connectivity index (χ1) is 11.5. The third-order valence-electron chi connectivity index (χ3n) is 3.39. The number of nitrogens with two attached hydrogens (primary N) is 1. The Morgan fingerprint density at radius 3 is 2.54 bits per heavy atom. The second-order valence-electron chi connectivity index (χ2n) is 5.49. The molecule has 4 N–H and O–H groups in total. The number of amides is 3. The summed E-state index contributed by atoms with van der Waals surface area (Å²) in [5.41, 5.74) is 7.72. The van der Waals surface area contributed by atoms with Crippen molar-refractivity contribution in [3.8, 4) is 5.75 Å². The summed E-state index contributed by atoms with van der Waals surface area (Å²) in [6, 6.07) is 13.9. The van der Waals surface area contributed by atoms with Crippen LogP contribution in [0.3, 0.4) is 0 Å². The first-order valence-corrected chi connectivity index (χ1v) is 7.60. The predicted molar refractivity (Wildman–Crippen MR) is 92.8 cm³/mol. The van der Waals surface area contributed by atoms with Crippen molar-refractivity contribution in [2.45, 2.75) is 26.5 Å². The number of imide groups is 1. The minimum Gasteiger partial charge on any atom is -0.487 e. The monoisotopic (exact) mass is 327 g/mol. The van der Waals surface area contributed by atoms with Crippen LogP contribution in [0.1, 0.15) is 18.1 Å². The smallest absolute Gasteiger partial charge is 0.318 e. The fourth-order valence-corrected chi connectivity index (χ4v) is 2.13. The zero-order valence-corrected chi connectivity index (χ0v) is 13.7. The van der Waals surface area contributed by atoms with Crippen molar-refractivity contribution >= 4 is 17.6 Å². The molecule has 0 aliphatic rings. The maximum Gasteiger partial charge on any atom is 0.318 e. The largest absolute Gasteiger partial charge is 0.487 e. The van der Waals surface area contributed by atoms with Gasteiger partial charge in [0, 0.05) is 0 Å². The van der Waals surface area contributed by atoms with Crippen molar-refractivity contribution in [3.63, 3.8) is 0 Å². The molecule has 6 nitrogen and oxygen atoms in total. The molecule has 0 spiro atoms. The second kappa shape index (κ2) is 8.01. The van der Waals surface area contributed by atoms with Gasteiger partial charge in [-0.3, -0.25) is 10.1 Å². The average molecular weight is 327 g/mol. The number of primary amides is 1. The Kier molecular flexibility index (Phi) is 5.78. The summed E-state index contributed by atoms with van der Waals surface area (Å²) >= 11 is 0. The van der Waals surface area contributed by atoms with Gasteiger partial charge in [-0.15, -0.1) is 0 Å². The van der Waals surface area contributed by atoms with E-state index >= 15 is 0 Å². The highest BCUT2D eigenvalue weighted by molar-refractivity contribution is 5.97. The van der Waals surface area contributed by atoms with E-state index in [1.165, 1.54) is 0 Å². The molecule has 3 amide bonds. The van der Waals surface area contributed by atoms with Gasteiger partial charge in [0.05, 0.1) is 5.69 Å². The number of aryl methyl sites for hydroxylation is 1. The van der Waals surface area contributed by atoms with Crippen molar-refractivity contribution in [2.24, 2.45) is 5.73 Å². The lowest BCUT2D eigenvalue weighted by atomic mass is 10.2. The lowest BCUT2D eigenvalue weighted by Crippen LogP contribution is -2.43. The van der Waals surface area contributed by atoms with Crippen LogP contribution in [-0.4, -0.2) is 18.0 Å². The van der Waals surface area contributed by atoms with Crippen LogP contribution in [0.15, 0.2) is 48.5 Å². The number of hydrogen-bond acceptors (Lipinski definition) is 4. The number of nitrogens with one attached hydrogen (secondary N) is 2. The number of carbonyl (C=O) groups is 2. The van der Waals surface area contributed by atoms with Gasteiger partial charge in [-0.25, -0.2) is 4.79 Å². The molecule has 0 radical (unpaired) electrons.